The molecule has 0 aromatic heterocycles. The molecule has 0 aromatic carbocycles. The minimum atomic E-state index is -3.07. The molecule has 0 amide bonds. The van der Waals surface area contributed by atoms with E-state index in [-0.39, 0.29) is 19.4 Å². The molecule has 0 aliphatic carbocycles. The normalized spacial score (nSPS) is 14.8. The van der Waals surface area contributed by atoms with Crippen LogP contribution in [-0.4, -0.2) is 53.2 Å². The van der Waals surface area contributed by atoms with Crippen LogP contribution < -0.4 is 22.9 Å². The Kier molecular flexibility index (Phi) is 11.8. The Balaban J connectivity index is 0. The molecule has 0 unspecified atom stereocenters. The number of aliphatic carboxylic acids is 2. The van der Waals surface area contributed by atoms with Gasteiger partial charge in [-0.1, -0.05) is 0 Å². The predicted molar refractivity (Wildman–Crippen MR) is 72.7 cm³/mol. The van der Waals surface area contributed by atoms with Gasteiger partial charge >= 0.3 is 11.9 Å². The summed E-state index contributed by atoms with van der Waals surface area (Å²) in [5.41, 5.74) is 17.8. The van der Waals surface area contributed by atoms with Crippen molar-refractivity contribution in [3.63, 3.8) is 0 Å². The van der Waals surface area contributed by atoms with E-state index in [0.717, 1.165) is 0 Å². The standard InChI is InChI=1S/C6H12F2N2O2.C5H12N2O2/c7-4(8)6(10,5(11)12)2-1-3-9;6-3-1-2-4(7)5(8)9/h4H,1-3,9-10H2,(H,11,12);4H,1-3,6-7H2,(H,8,9)/t6-;4-/m10/s1. The number of hydrogen-bond acceptors (Lipinski definition) is 6. The van der Waals surface area contributed by atoms with Gasteiger partial charge in [-0.05, 0) is 38.8 Å². The van der Waals surface area contributed by atoms with Gasteiger partial charge in [0.05, 0.1) is 0 Å². The Bertz CT molecular complexity index is 321. The SMILES string of the molecule is NCCC[C@H](N)C(=O)O.NCCC[C@](N)(C(=O)O)C(F)F. The fourth-order valence-electron chi connectivity index (χ4n) is 1.17. The number of rotatable bonds is 9. The van der Waals surface area contributed by atoms with Gasteiger partial charge in [0.25, 0.3) is 6.43 Å². The molecule has 0 saturated carbocycles. The van der Waals surface area contributed by atoms with E-state index in [0.29, 0.717) is 19.4 Å². The molecule has 0 aliphatic heterocycles. The van der Waals surface area contributed by atoms with Gasteiger partial charge in [0.2, 0.25) is 0 Å². The Hall–Kier alpha value is -1.36. The first-order valence-corrected chi connectivity index (χ1v) is 6.32. The molecule has 10 N–H and O–H groups in total. The largest absolute Gasteiger partial charge is 0.480 e. The van der Waals surface area contributed by atoms with E-state index in [4.69, 9.17) is 33.1 Å². The smallest absolute Gasteiger partial charge is 0.329 e. The van der Waals surface area contributed by atoms with Gasteiger partial charge in [-0.2, -0.15) is 0 Å². The zero-order valence-electron chi connectivity index (χ0n) is 11.7. The van der Waals surface area contributed by atoms with Crippen LogP contribution >= 0.6 is 0 Å². The van der Waals surface area contributed by atoms with E-state index in [1.54, 1.807) is 0 Å². The van der Waals surface area contributed by atoms with E-state index in [9.17, 15) is 18.4 Å². The van der Waals surface area contributed by atoms with Crippen molar-refractivity contribution in [3.8, 4) is 0 Å². The second kappa shape index (κ2) is 11.3. The predicted octanol–water partition coefficient (Wildman–Crippen LogP) is -1.09. The molecule has 0 fully saturated rings. The summed E-state index contributed by atoms with van der Waals surface area (Å²) < 4.78 is 24.2. The highest BCUT2D eigenvalue weighted by atomic mass is 19.3. The van der Waals surface area contributed by atoms with Crippen molar-refractivity contribution in [3.05, 3.63) is 0 Å². The van der Waals surface area contributed by atoms with Crippen molar-refractivity contribution in [2.24, 2.45) is 22.9 Å². The number of alkyl halides is 2. The van der Waals surface area contributed by atoms with Crippen molar-refractivity contribution in [2.75, 3.05) is 13.1 Å². The molecule has 0 bridgehead atoms. The van der Waals surface area contributed by atoms with Crippen molar-refractivity contribution < 1.29 is 28.6 Å². The number of hydrogen-bond donors (Lipinski definition) is 6. The van der Waals surface area contributed by atoms with E-state index in [2.05, 4.69) is 0 Å². The van der Waals surface area contributed by atoms with Crippen LogP contribution in [0, 0.1) is 0 Å². The highest BCUT2D eigenvalue weighted by Gasteiger charge is 2.42. The summed E-state index contributed by atoms with van der Waals surface area (Å²) in [6.45, 7) is 0.653. The molecule has 0 saturated heterocycles. The molecule has 10 heteroatoms. The van der Waals surface area contributed by atoms with Crippen LogP contribution in [0.25, 0.3) is 0 Å². The number of carboxylic acid groups (broad SMARTS) is 2. The summed E-state index contributed by atoms with van der Waals surface area (Å²) in [7, 11) is 0. The molecule has 0 aliphatic rings. The van der Waals surface area contributed by atoms with Gasteiger partial charge < -0.3 is 33.1 Å². The molecule has 126 valence electrons. The Labute approximate surface area is 121 Å². The third-order valence-electron chi connectivity index (χ3n) is 2.62. The topological polar surface area (TPSA) is 179 Å². The summed E-state index contributed by atoms with van der Waals surface area (Å²) in [5, 5.41) is 16.6. The van der Waals surface area contributed by atoms with E-state index < -0.39 is 29.9 Å². The third-order valence-corrected chi connectivity index (χ3v) is 2.62. The maximum absolute atomic E-state index is 12.1. The van der Waals surface area contributed by atoms with Gasteiger partial charge in [0.1, 0.15) is 6.04 Å². The summed E-state index contributed by atoms with van der Waals surface area (Å²) >= 11 is 0. The Morgan fingerprint density at radius 1 is 1.10 bits per heavy atom. The first-order valence-electron chi connectivity index (χ1n) is 6.32. The van der Waals surface area contributed by atoms with Gasteiger partial charge in [-0.15, -0.1) is 0 Å². The number of carbonyl (C=O) groups is 2. The van der Waals surface area contributed by atoms with Crippen LogP contribution in [0.3, 0.4) is 0 Å². The van der Waals surface area contributed by atoms with Crippen LogP contribution in [0.5, 0.6) is 0 Å². The van der Waals surface area contributed by atoms with Crippen molar-refractivity contribution in [1.29, 1.82) is 0 Å². The highest BCUT2D eigenvalue weighted by Crippen LogP contribution is 2.18. The monoisotopic (exact) mass is 314 g/mol. The zero-order valence-corrected chi connectivity index (χ0v) is 11.7. The fraction of sp³-hybridized carbons (Fsp3) is 0.818. The molecule has 2 atom stereocenters. The minimum Gasteiger partial charge on any atom is -0.480 e. The van der Waals surface area contributed by atoms with Crippen molar-refractivity contribution >= 4 is 11.9 Å². The molecule has 0 aromatic rings. The first-order chi connectivity index (χ1) is 9.63. The van der Waals surface area contributed by atoms with Gasteiger partial charge in [-0.3, -0.25) is 4.79 Å². The van der Waals surface area contributed by atoms with E-state index in [1.807, 2.05) is 0 Å². The number of nitrogens with two attached hydrogens (primary N) is 4. The Morgan fingerprint density at radius 2 is 1.57 bits per heavy atom. The Morgan fingerprint density at radius 3 is 1.86 bits per heavy atom. The summed E-state index contributed by atoms with van der Waals surface area (Å²) in [6, 6.07) is -0.742. The van der Waals surface area contributed by atoms with Crippen molar-refractivity contribution in [1.82, 2.24) is 0 Å². The lowest BCUT2D eigenvalue weighted by Crippen LogP contribution is -2.54. The fourth-order valence-corrected chi connectivity index (χ4v) is 1.17. The van der Waals surface area contributed by atoms with Gasteiger partial charge in [-0.25, -0.2) is 13.6 Å². The lowest BCUT2D eigenvalue weighted by molar-refractivity contribution is -0.150. The van der Waals surface area contributed by atoms with Crippen LogP contribution in [0.1, 0.15) is 25.7 Å². The summed E-state index contributed by atoms with van der Waals surface area (Å²) in [4.78, 5) is 20.4. The summed E-state index contributed by atoms with van der Waals surface area (Å²) in [5.74, 6) is -2.64. The molecule has 8 nitrogen and oxygen atoms in total. The number of carboxylic acids is 2. The van der Waals surface area contributed by atoms with Crippen LogP contribution in [0.15, 0.2) is 0 Å². The van der Waals surface area contributed by atoms with Crippen LogP contribution in [0.4, 0.5) is 8.78 Å². The summed E-state index contributed by atoms with van der Waals surface area (Å²) in [6.07, 6.45) is -2.07. The molecular weight excluding hydrogens is 290 g/mol. The molecule has 21 heavy (non-hydrogen) atoms. The van der Waals surface area contributed by atoms with Gasteiger partial charge in [0.15, 0.2) is 5.54 Å². The lowest BCUT2D eigenvalue weighted by Gasteiger charge is -2.22. The molecular formula is C11H24F2N4O4. The second-order valence-electron chi connectivity index (χ2n) is 4.41. The second-order valence-corrected chi connectivity index (χ2v) is 4.41. The van der Waals surface area contributed by atoms with Crippen molar-refractivity contribution in [2.45, 2.75) is 43.7 Å². The van der Waals surface area contributed by atoms with E-state index >= 15 is 0 Å². The average molecular weight is 314 g/mol. The lowest BCUT2D eigenvalue weighted by atomic mass is 9.95. The minimum absolute atomic E-state index is 0.152. The quantitative estimate of drug-likeness (QED) is 0.310. The molecule has 0 spiro atoms. The highest BCUT2D eigenvalue weighted by molar-refractivity contribution is 5.79. The van der Waals surface area contributed by atoms with Gasteiger partial charge in [0, 0.05) is 0 Å². The maximum Gasteiger partial charge on any atom is 0.329 e. The molecule has 0 heterocycles. The molecule has 0 rings (SSSR count). The zero-order chi connectivity index (χ0) is 17.1. The van der Waals surface area contributed by atoms with E-state index in [1.165, 1.54) is 0 Å². The first kappa shape index (κ1) is 21.9. The molecule has 0 radical (unpaired) electrons. The third kappa shape index (κ3) is 9.24. The average Bonchev–Trinajstić information content (AvgIpc) is 2.41. The number of halogens is 2. The van der Waals surface area contributed by atoms with Crippen LogP contribution in [-0.2, 0) is 9.59 Å². The van der Waals surface area contributed by atoms with Crippen LogP contribution in [0.2, 0.25) is 0 Å². The maximum atomic E-state index is 12.1.